The minimum atomic E-state index is -0.372. The second-order valence-electron chi connectivity index (χ2n) is 6.31. The maximum Gasteiger partial charge on any atom is 0.260 e. The SMILES string of the molecule is COc1c(Br)cc(Br)cc1/C=N\NC(=O)Cn1c(-c2nonc2N)nc2ccccc21. The highest BCUT2D eigenvalue weighted by molar-refractivity contribution is 9.11. The zero-order valence-corrected chi connectivity index (χ0v) is 19.2. The van der Waals surface area contributed by atoms with Gasteiger partial charge in [-0.2, -0.15) is 5.10 Å². The molecule has 0 saturated carbocycles. The Morgan fingerprint density at radius 1 is 1.32 bits per heavy atom. The molecular formula is C19H15Br2N7O3. The summed E-state index contributed by atoms with van der Waals surface area (Å²) >= 11 is 6.85. The first-order valence-corrected chi connectivity index (χ1v) is 10.4. The van der Waals surface area contributed by atoms with Crippen LogP contribution >= 0.6 is 31.9 Å². The summed E-state index contributed by atoms with van der Waals surface area (Å²) in [6.07, 6.45) is 1.50. The Labute approximate surface area is 192 Å². The normalized spacial score (nSPS) is 11.3. The van der Waals surface area contributed by atoms with Crippen molar-refractivity contribution in [1.29, 1.82) is 0 Å². The number of nitrogens with two attached hydrogens (primary N) is 1. The minimum Gasteiger partial charge on any atom is -0.495 e. The van der Waals surface area contributed by atoms with E-state index in [1.165, 1.54) is 6.21 Å². The lowest BCUT2D eigenvalue weighted by Crippen LogP contribution is -2.23. The molecule has 0 aliphatic carbocycles. The smallest absolute Gasteiger partial charge is 0.260 e. The molecule has 4 aromatic rings. The number of nitrogens with zero attached hydrogens (tertiary/aromatic N) is 5. The molecule has 4 rings (SSSR count). The van der Waals surface area contributed by atoms with Crippen molar-refractivity contribution in [1.82, 2.24) is 25.3 Å². The maximum absolute atomic E-state index is 12.6. The molecule has 0 radical (unpaired) electrons. The number of fused-ring (bicyclic) bond motifs is 1. The number of halogens is 2. The summed E-state index contributed by atoms with van der Waals surface area (Å²) in [4.78, 5) is 17.1. The number of hydrogen-bond donors (Lipinski definition) is 2. The molecule has 0 bridgehead atoms. The summed E-state index contributed by atoms with van der Waals surface area (Å²) in [5.74, 6) is 0.681. The van der Waals surface area contributed by atoms with Crippen molar-refractivity contribution in [3.63, 3.8) is 0 Å². The van der Waals surface area contributed by atoms with E-state index in [1.54, 1.807) is 11.7 Å². The number of para-hydroxylation sites is 2. The Hall–Kier alpha value is -3.25. The molecule has 12 heteroatoms. The third-order valence-electron chi connectivity index (χ3n) is 4.32. The Bertz CT molecular complexity index is 1300. The van der Waals surface area contributed by atoms with Crippen molar-refractivity contribution in [2.45, 2.75) is 6.54 Å². The summed E-state index contributed by atoms with van der Waals surface area (Å²) in [5, 5.41) is 11.5. The van der Waals surface area contributed by atoms with Crippen molar-refractivity contribution in [3.8, 4) is 17.3 Å². The predicted molar refractivity (Wildman–Crippen MR) is 122 cm³/mol. The Morgan fingerprint density at radius 2 is 2.13 bits per heavy atom. The largest absolute Gasteiger partial charge is 0.495 e. The van der Waals surface area contributed by atoms with E-state index in [9.17, 15) is 4.79 Å². The average Bonchev–Trinajstić information content (AvgIpc) is 3.31. The highest BCUT2D eigenvalue weighted by Gasteiger charge is 2.20. The molecule has 2 aromatic heterocycles. The fourth-order valence-corrected chi connectivity index (χ4v) is 4.43. The van der Waals surface area contributed by atoms with Crippen LogP contribution in [-0.2, 0) is 11.3 Å². The number of ether oxygens (including phenoxy) is 1. The van der Waals surface area contributed by atoms with Crippen LogP contribution in [-0.4, -0.2) is 39.1 Å². The zero-order valence-electron chi connectivity index (χ0n) is 16.0. The molecule has 0 unspecified atom stereocenters. The van der Waals surface area contributed by atoms with E-state index in [2.05, 4.69) is 62.3 Å². The number of nitrogens with one attached hydrogen (secondary N) is 1. The molecule has 1 amide bonds. The number of imidazole rings is 1. The van der Waals surface area contributed by atoms with Gasteiger partial charge in [0.25, 0.3) is 5.91 Å². The first kappa shape index (κ1) is 21.0. The number of benzene rings is 2. The number of aromatic nitrogens is 4. The molecule has 2 heterocycles. The molecule has 0 aliphatic heterocycles. The lowest BCUT2D eigenvalue weighted by Gasteiger charge is -2.08. The van der Waals surface area contributed by atoms with Crippen LogP contribution in [0.3, 0.4) is 0 Å². The van der Waals surface area contributed by atoms with Gasteiger partial charge in [0.05, 0.1) is 28.8 Å². The van der Waals surface area contributed by atoms with Gasteiger partial charge in [-0.05, 0) is 50.5 Å². The fraction of sp³-hybridized carbons (Fsp3) is 0.105. The second kappa shape index (κ2) is 8.86. The van der Waals surface area contributed by atoms with Crippen LogP contribution in [0.1, 0.15) is 5.56 Å². The van der Waals surface area contributed by atoms with E-state index >= 15 is 0 Å². The molecule has 158 valence electrons. The summed E-state index contributed by atoms with van der Waals surface area (Å²) in [5.41, 5.74) is 10.7. The minimum absolute atomic E-state index is 0.0706. The number of carbonyl (C=O) groups excluding carboxylic acids is 1. The van der Waals surface area contributed by atoms with E-state index < -0.39 is 0 Å². The van der Waals surface area contributed by atoms with Gasteiger partial charge < -0.3 is 15.0 Å². The predicted octanol–water partition coefficient (Wildman–Crippen LogP) is 3.35. The number of methoxy groups -OCH3 is 1. The van der Waals surface area contributed by atoms with Gasteiger partial charge >= 0.3 is 0 Å². The van der Waals surface area contributed by atoms with Gasteiger partial charge in [0.1, 0.15) is 12.3 Å². The van der Waals surface area contributed by atoms with E-state index in [4.69, 9.17) is 10.5 Å². The van der Waals surface area contributed by atoms with Crippen LogP contribution in [0.15, 0.2) is 55.1 Å². The van der Waals surface area contributed by atoms with Crippen LogP contribution in [0.5, 0.6) is 5.75 Å². The Balaban J connectivity index is 1.59. The van der Waals surface area contributed by atoms with Gasteiger partial charge in [0.15, 0.2) is 17.3 Å². The van der Waals surface area contributed by atoms with Crippen molar-refractivity contribution >= 4 is 60.8 Å². The van der Waals surface area contributed by atoms with E-state index in [0.29, 0.717) is 22.7 Å². The number of rotatable bonds is 6. The number of carbonyl (C=O) groups is 1. The third-order valence-corrected chi connectivity index (χ3v) is 5.36. The lowest BCUT2D eigenvalue weighted by atomic mass is 10.2. The molecule has 10 nitrogen and oxygen atoms in total. The van der Waals surface area contributed by atoms with Gasteiger partial charge in [-0.3, -0.25) is 4.79 Å². The van der Waals surface area contributed by atoms with Crippen LogP contribution < -0.4 is 15.9 Å². The average molecular weight is 549 g/mol. The summed E-state index contributed by atoms with van der Waals surface area (Å²) in [6, 6.07) is 11.0. The number of hydrogen-bond acceptors (Lipinski definition) is 8. The van der Waals surface area contributed by atoms with Crippen molar-refractivity contribution in [3.05, 3.63) is 50.9 Å². The van der Waals surface area contributed by atoms with Gasteiger partial charge in [-0.1, -0.05) is 28.1 Å². The second-order valence-corrected chi connectivity index (χ2v) is 8.08. The highest BCUT2D eigenvalue weighted by atomic mass is 79.9. The fourth-order valence-electron chi connectivity index (χ4n) is 3.01. The van der Waals surface area contributed by atoms with Crippen molar-refractivity contribution in [2.75, 3.05) is 12.8 Å². The monoisotopic (exact) mass is 547 g/mol. The Kier molecular flexibility index (Phi) is 6.00. The van der Waals surface area contributed by atoms with Crippen LogP contribution in [0.25, 0.3) is 22.6 Å². The number of nitrogen functional groups attached to an aromatic ring is 1. The molecule has 0 aliphatic rings. The maximum atomic E-state index is 12.6. The van der Waals surface area contributed by atoms with E-state index in [1.807, 2.05) is 36.4 Å². The molecule has 0 atom stereocenters. The quantitative estimate of drug-likeness (QED) is 0.279. The number of amides is 1. The Morgan fingerprint density at radius 3 is 2.87 bits per heavy atom. The molecule has 3 N–H and O–H groups in total. The summed E-state index contributed by atoms with van der Waals surface area (Å²) in [6.45, 7) is -0.0706. The van der Waals surface area contributed by atoms with E-state index in [0.717, 1.165) is 14.5 Å². The van der Waals surface area contributed by atoms with Gasteiger partial charge in [-0.25, -0.2) is 15.0 Å². The molecule has 2 aromatic carbocycles. The lowest BCUT2D eigenvalue weighted by molar-refractivity contribution is -0.121. The van der Waals surface area contributed by atoms with Gasteiger partial charge in [0, 0.05) is 10.0 Å². The molecule has 0 fully saturated rings. The van der Waals surface area contributed by atoms with Crippen LogP contribution in [0.4, 0.5) is 5.82 Å². The molecular weight excluding hydrogens is 534 g/mol. The molecule has 31 heavy (non-hydrogen) atoms. The highest BCUT2D eigenvalue weighted by Crippen LogP contribution is 2.31. The topological polar surface area (TPSA) is 133 Å². The first-order valence-electron chi connectivity index (χ1n) is 8.86. The molecule has 0 spiro atoms. The zero-order chi connectivity index (χ0) is 22.0. The summed E-state index contributed by atoms with van der Waals surface area (Å²) in [7, 11) is 1.56. The van der Waals surface area contributed by atoms with Gasteiger partial charge in [-0.15, -0.1) is 0 Å². The first-order chi connectivity index (χ1) is 15.0. The third kappa shape index (κ3) is 4.30. The van der Waals surface area contributed by atoms with Crippen LogP contribution in [0.2, 0.25) is 0 Å². The van der Waals surface area contributed by atoms with Crippen molar-refractivity contribution in [2.24, 2.45) is 5.10 Å². The standard InChI is InChI=1S/C19H15Br2N7O3/c1-30-17-10(6-11(20)7-12(17)21)8-23-25-15(29)9-28-14-5-3-2-4-13(14)24-19(28)16-18(22)27-31-26-16/h2-8H,9H2,1H3,(H2,22,27)(H,25,29)/b23-8-. The van der Waals surface area contributed by atoms with Crippen molar-refractivity contribution < 1.29 is 14.2 Å². The summed E-state index contributed by atoms with van der Waals surface area (Å²) < 4.78 is 13.3. The number of anilines is 1. The van der Waals surface area contributed by atoms with Crippen LogP contribution in [0, 0.1) is 0 Å². The van der Waals surface area contributed by atoms with E-state index in [-0.39, 0.29) is 24.0 Å². The number of hydrazone groups is 1. The molecule has 0 saturated heterocycles. The van der Waals surface area contributed by atoms with Gasteiger partial charge in [0.2, 0.25) is 0 Å².